The van der Waals surface area contributed by atoms with Gasteiger partial charge < -0.3 is 5.32 Å². The molecule has 36 heavy (non-hydrogen) atoms. The van der Waals surface area contributed by atoms with Crippen LogP contribution in [0, 0.1) is 11.8 Å². The smallest absolute Gasteiger partial charge is 0.251 e. The van der Waals surface area contributed by atoms with E-state index in [0.29, 0.717) is 18.5 Å². The van der Waals surface area contributed by atoms with Crippen LogP contribution < -0.4 is 5.32 Å². The van der Waals surface area contributed by atoms with Gasteiger partial charge in [0.25, 0.3) is 5.91 Å². The molecule has 2 heterocycles. The lowest BCUT2D eigenvalue weighted by Gasteiger charge is -2.55. The fraction of sp³-hybridized carbons (Fsp3) is 0.438. The SMILES string of the molecule is C[C@H]1C2Cc3ccc(C(=O)NCCc4ccc(-c5ccncc5)cc4)cc3[C@@]1(C)CCN2CC1CC1. The standard InChI is InChI=1S/C32H37N3O/c1-22-30-20-27-9-10-28(19-29(27)32(22,2)14-18-35(30)21-24-3-4-24)31(36)34-17-11-23-5-7-25(8-6-23)26-12-15-33-16-13-26/h5-10,12-13,15-16,19,22,24,30H,3-4,11,14,17-18,20-21H2,1-2H3,(H,34,36)/t22-,30?,32-/m0/s1. The van der Waals surface area contributed by atoms with Crippen LogP contribution >= 0.6 is 0 Å². The van der Waals surface area contributed by atoms with Crippen LogP contribution in [-0.2, 0) is 18.3 Å². The molecule has 0 spiro atoms. The topological polar surface area (TPSA) is 45.2 Å². The van der Waals surface area contributed by atoms with Crippen LogP contribution in [0.15, 0.2) is 67.0 Å². The van der Waals surface area contributed by atoms with Crippen LogP contribution in [0.5, 0.6) is 0 Å². The number of carbonyl (C=O) groups excluding carboxylic acids is 1. The van der Waals surface area contributed by atoms with Gasteiger partial charge in [0.05, 0.1) is 0 Å². The molecule has 2 aromatic carbocycles. The fourth-order valence-electron chi connectivity index (χ4n) is 6.54. The van der Waals surface area contributed by atoms with Crippen molar-refractivity contribution in [2.75, 3.05) is 19.6 Å². The molecule has 4 nitrogen and oxygen atoms in total. The number of hydrogen-bond donors (Lipinski definition) is 1. The summed E-state index contributed by atoms with van der Waals surface area (Å²) in [5, 5.41) is 3.16. The first-order chi connectivity index (χ1) is 17.5. The highest BCUT2D eigenvalue weighted by atomic mass is 16.1. The van der Waals surface area contributed by atoms with E-state index in [1.807, 2.05) is 30.6 Å². The number of nitrogens with zero attached hydrogens (tertiary/aromatic N) is 2. The zero-order chi connectivity index (χ0) is 24.7. The number of hydrogen-bond acceptors (Lipinski definition) is 3. The molecule has 1 saturated heterocycles. The highest BCUT2D eigenvalue weighted by molar-refractivity contribution is 5.94. The number of nitrogens with one attached hydrogen (secondary N) is 1. The average Bonchev–Trinajstić information content (AvgIpc) is 3.73. The Morgan fingerprint density at radius 2 is 1.81 bits per heavy atom. The van der Waals surface area contributed by atoms with Gasteiger partial charge in [-0.2, -0.15) is 0 Å². The Labute approximate surface area is 215 Å². The molecule has 1 aromatic heterocycles. The number of carbonyl (C=O) groups is 1. The van der Waals surface area contributed by atoms with Crippen molar-refractivity contribution >= 4 is 5.91 Å². The van der Waals surface area contributed by atoms with Gasteiger partial charge in [-0.25, -0.2) is 0 Å². The summed E-state index contributed by atoms with van der Waals surface area (Å²) < 4.78 is 0. The number of piperidine rings is 1. The molecule has 1 N–H and O–H groups in total. The number of likely N-dealkylation sites (tertiary alicyclic amines) is 1. The third kappa shape index (κ3) is 4.48. The Morgan fingerprint density at radius 3 is 2.56 bits per heavy atom. The minimum absolute atomic E-state index is 0.0377. The number of fused-ring (bicyclic) bond motifs is 4. The Balaban J connectivity index is 1.10. The van der Waals surface area contributed by atoms with Crippen LogP contribution in [0.4, 0.5) is 0 Å². The molecule has 1 amide bonds. The molecule has 2 bridgehead atoms. The van der Waals surface area contributed by atoms with Gasteiger partial charge in [-0.3, -0.25) is 14.7 Å². The van der Waals surface area contributed by atoms with E-state index in [0.717, 1.165) is 24.3 Å². The Kier molecular flexibility index (Phi) is 6.17. The summed E-state index contributed by atoms with van der Waals surface area (Å²) in [4.78, 5) is 19.9. The number of rotatable bonds is 7. The van der Waals surface area contributed by atoms with Gasteiger partial charge in [0, 0.05) is 37.1 Å². The Bertz CT molecular complexity index is 1230. The molecule has 1 unspecified atom stereocenters. The first-order valence-electron chi connectivity index (χ1n) is 13.7. The van der Waals surface area contributed by atoms with Gasteiger partial charge in [-0.05, 0) is 108 Å². The minimum atomic E-state index is 0.0377. The highest BCUT2D eigenvalue weighted by Crippen LogP contribution is 2.49. The summed E-state index contributed by atoms with van der Waals surface area (Å²) in [5.41, 5.74) is 7.40. The van der Waals surface area contributed by atoms with Crippen molar-refractivity contribution in [3.05, 3.63) is 89.2 Å². The molecule has 3 atom stereocenters. The Hall–Kier alpha value is -2.98. The molecule has 6 rings (SSSR count). The van der Waals surface area contributed by atoms with Crippen LogP contribution in [0.25, 0.3) is 11.1 Å². The summed E-state index contributed by atoms with van der Waals surface area (Å²) in [7, 11) is 0. The van der Waals surface area contributed by atoms with Crippen LogP contribution in [-0.4, -0.2) is 41.5 Å². The molecule has 3 aliphatic rings. The second kappa shape index (κ2) is 9.48. The maximum Gasteiger partial charge on any atom is 0.251 e. The predicted octanol–water partition coefficient (Wildman–Crippen LogP) is 5.66. The minimum Gasteiger partial charge on any atom is -0.352 e. The normalized spacial score (nSPS) is 25.3. The monoisotopic (exact) mass is 479 g/mol. The lowest BCUT2D eigenvalue weighted by atomic mass is 9.59. The van der Waals surface area contributed by atoms with Crippen molar-refractivity contribution in [1.29, 1.82) is 0 Å². The number of benzene rings is 2. The van der Waals surface area contributed by atoms with Crippen LogP contribution in [0.3, 0.4) is 0 Å². The van der Waals surface area contributed by atoms with E-state index in [-0.39, 0.29) is 11.3 Å². The third-order valence-electron chi connectivity index (χ3n) is 9.24. The molecule has 1 saturated carbocycles. The van der Waals surface area contributed by atoms with Gasteiger partial charge in [0.15, 0.2) is 0 Å². The molecule has 1 aliphatic heterocycles. The van der Waals surface area contributed by atoms with E-state index < -0.39 is 0 Å². The van der Waals surface area contributed by atoms with E-state index in [2.05, 4.69) is 65.4 Å². The van der Waals surface area contributed by atoms with Crippen molar-refractivity contribution in [2.24, 2.45) is 11.8 Å². The van der Waals surface area contributed by atoms with E-state index >= 15 is 0 Å². The van der Waals surface area contributed by atoms with Crippen LogP contribution in [0.2, 0.25) is 0 Å². The molecule has 2 fully saturated rings. The largest absolute Gasteiger partial charge is 0.352 e. The fourth-order valence-corrected chi connectivity index (χ4v) is 6.54. The Morgan fingerprint density at radius 1 is 1.06 bits per heavy atom. The molecule has 186 valence electrons. The van der Waals surface area contributed by atoms with Crippen molar-refractivity contribution in [3.63, 3.8) is 0 Å². The van der Waals surface area contributed by atoms with E-state index in [4.69, 9.17) is 0 Å². The second-order valence-electron chi connectivity index (χ2n) is 11.5. The highest BCUT2D eigenvalue weighted by Gasteiger charge is 2.49. The van der Waals surface area contributed by atoms with Gasteiger partial charge in [-0.15, -0.1) is 0 Å². The van der Waals surface area contributed by atoms with E-state index in [9.17, 15) is 4.79 Å². The van der Waals surface area contributed by atoms with Crippen molar-refractivity contribution in [3.8, 4) is 11.1 Å². The number of pyridine rings is 1. The maximum absolute atomic E-state index is 13.1. The van der Waals surface area contributed by atoms with Gasteiger partial charge in [0.2, 0.25) is 0 Å². The van der Waals surface area contributed by atoms with E-state index in [1.165, 1.54) is 60.2 Å². The number of amides is 1. The zero-order valence-electron chi connectivity index (χ0n) is 21.5. The lowest BCUT2D eigenvalue weighted by Crippen LogP contribution is -2.58. The van der Waals surface area contributed by atoms with Gasteiger partial charge in [0.1, 0.15) is 0 Å². The van der Waals surface area contributed by atoms with Crippen molar-refractivity contribution in [1.82, 2.24) is 15.2 Å². The summed E-state index contributed by atoms with van der Waals surface area (Å²) in [5.74, 6) is 1.59. The second-order valence-corrected chi connectivity index (χ2v) is 11.5. The summed E-state index contributed by atoms with van der Waals surface area (Å²) in [6, 6.07) is 19.7. The van der Waals surface area contributed by atoms with Crippen LogP contribution in [0.1, 0.15) is 60.2 Å². The summed E-state index contributed by atoms with van der Waals surface area (Å²) >= 11 is 0. The molecule has 3 aromatic rings. The van der Waals surface area contributed by atoms with Crippen molar-refractivity contribution < 1.29 is 4.79 Å². The third-order valence-corrected chi connectivity index (χ3v) is 9.24. The molecular weight excluding hydrogens is 442 g/mol. The zero-order valence-corrected chi connectivity index (χ0v) is 21.5. The molecule has 4 heteroatoms. The summed E-state index contributed by atoms with van der Waals surface area (Å²) in [6.45, 7) is 8.00. The molecule has 0 radical (unpaired) electrons. The average molecular weight is 480 g/mol. The molecular formula is C32H37N3O. The maximum atomic E-state index is 13.1. The number of aromatic nitrogens is 1. The summed E-state index contributed by atoms with van der Waals surface area (Å²) in [6.07, 6.45) is 9.59. The predicted molar refractivity (Wildman–Crippen MR) is 145 cm³/mol. The molecule has 2 aliphatic carbocycles. The first-order valence-corrected chi connectivity index (χ1v) is 13.7. The van der Waals surface area contributed by atoms with Crippen molar-refractivity contribution in [2.45, 2.75) is 57.4 Å². The van der Waals surface area contributed by atoms with Gasteiger partial charge in [-0.1, -0.05) is 44.2 Å². The lowest BCUT2D eigenvalue weighted by molar-refractivity contribution is 0.0284. The van der Waals surface area contributed by atoms with E-state index in [1.54, 1.807) is 0 Å². The first kappa shape index (κ1) is 23.4. The van der Waals surface area contributed by atoms with Gasteiger partial charge >= 0.3 is 0 Å². The quantitative estimate of drug-likeness (QED) is 0.476.